The molecule has 8 nitrogen and oxygen atoms in total. The summed E-state index contributed by atoms with van der Waals surface area (Å²) in [5, 5.41) is 4.37. The predicted octanol–water partition coefficient (Wildman–Crippen LogP) is 5.99. The second-order valence-corrected chi connectivity index (χ2v) is 9.39. The molecule has 0 aliphatic carbocycles. The zero-order valence-electron chi connectivity index (χ0n) is 20.9. The van der Waals surface area contributed by atoms with Gasteiger partial charge in [-0.25, -0.2) is 13.8 Å². The Labute approximate surface area is 225 Å². The lowest BCUT2D eigenvalue weighted by atomic mass is 10.1. The molecule has 0 radical (unpaired) electrons. The van der Waals surface area contributed by atoms with Crippen LogP contribution < -0.4 is 20.2 Å². The minimum Gasteiger partial charge on any atom is -0.495 e. The second kappa shape index (κ2) is 11.0. The predicted molar refractivity (Wildman–Crippen MR) is 145 cm³/mol. The van der Waals surface area contributed by atoms with Gasteiger partial charge in [0.15, 0.2) is 17.3 Å². The highest BCUT2D eigenvalue weighted by Gasteiger charge is 2.20. The van der Waals surface area contributed by atoms with Crippen molar-refractivity contribution in [3.05, 3.63) is 93.7 Å². The quantitative estimate of drug-likeness (QED) is 0.256. The number of nitrogens with zero attached hydrogens (tertiary/aromatic N) is 3. The van der Waals surface area contributed by atoms with Gasteiger partial charge in [-0.05, 0) is 30.5 Å². The van der Waals surface area contributed by atoms with E-state index in [4.69, 9.17) is 9.47 Å². The van der Waals surface area contributed by atoms with Crippen LogP contribution in [0.3, 0.4) is 0 Å². The average Bonchev–Trinajstić information content (AvgIpc) is 3.46. The fraction of sp³-hybridized carbons (Fsp3) is 0.143. The summed E-state index contributed by atoms with van der Waals surface area (Å²) in [6.45, 7) is 1.02. The van der Waals surface area contributed by atoms with Crippen molar-refractivity contribution in [2.24, 2.45) is 0 Å². The molecule has 0 aliphatic heterocycles. The number of alkyl halides is 1. The molecule has 0 unspecified atom stereocenters. The van der Waals surface area contributed by atoms with E-state index in [1.807, 2.05) is 5.38 Å². The van der Waals surface area contributed by atoms with Crippen LogP contribution in [0.4, 0.5) is 14.5 Å². The summed E-state index contributed by atoms with van der Waals surface area (Å²) in [5.41, 5.74) is 1.26. The number of halogens is 2. The zero-order valence-corrected chi connectivity index (χ0v) is 21.7. The lowest BCUT2D eigenvalue weighted by Crippen LogP contribution is -2.26. The van der Waals surface area contributed by atoms with Gasteiger partial charge >= 0.3 is 0 Å². The number of hydrogen-bond acceptors (Lipinski definition) is 7. The second-order valence-electron chi connectivity index (χ2n) is 8.45. The third kappa shape index (κ3) is 5.21. The van der Waals surface area contributed by atoms with Crippen molar-refractivity contribution in [2.75, 3.05) is 19.1 Å². The number of pyridine rings is 3. The lowest BCUT2D eigenvalue weighted by Gasteiger charge is -2.15. The molecule has 4 aromatic heterocycles. The summed E-state index contributed by atoms with van der Waals surface area (Å²) in [4.78, 5) is 35.6. The SMILES string of the molecule is COc1cnc2c(Oc3ccc(NC(=O)c4cn(CCF)c(C)c(-c5cccs5)c4=O)cc3F)ccnc2c1. The zero-order chi connectivity index (χ0) is 27.5. The monoisotopic (exact) mass is 548 g/mol. The molecule has 1 N–H and O–H groups in total. The van der Waals surface area contributed by atoms with Crippen LogP contribution in [0.5, 0.6) is 17.2 Å². The van der Waals surface area contributed by atoms with E-state index in [-0.39, 0.29) is 29.3 Å². The number of aromatic nitrogens is 3. The van der Waals surface area contributed by atoms with Crippen molar-refractivity contribution >= 4 is 34.0 Å². The number of carbonyl (C=O) groups is 1. The van der Waals surface area contributed by atoms with Gasteiger partial charge in [0.05, 0.1) is 30.9 Å². The van der Waals surface area contributed by atoms with E-state index in [1.54, 1.807) is 31.2 Å². The number of carbonyl (C=O) groups excluding carboxylic acids is 1. The molecule has 5 rings (SSSR count). The molecule has 1 aromatic carbocycles. The van der Waals surface area contributed by atoms with Crippen LogP contribution in [-0.4, -0.2) is 34.2 Å². The first kappa shape index (κ1) is 26.0. The number of benzene rings is 1. The fourth-order valence-electron chi connectivity index (χ4n) is 4.11. The molecule has 0 fully saturated rings. The summed E-state index contributed by atoms with van der Waals surface area (Å²) in [5.74, 6) is -0.779. The number of methoxy groups -OCH3 is 1. The lowest BCUT2D eigenvalue weighted by molar-refractivity contribution is 0.102. The smallest absolute Gasteiger partial charge is 0.261 e. The Hall–Kier alpha value is -4.64. The Kier molecular flexibility index (Phi) is 7.33. The van der Waals surface area contributed by atoms with Crippen molar-refractivity contribution in [2.45, 2.75) is 13.5 Å². The van der Waals surface area contributed by atoms with Crippen LogP contribution in [0.15, 0.2) is 71.2 Å². The third-order valence-corrected chi connectivity index (χ3v) is 6.94. The third-order valence-electron chi connectivity index (χ3n) is 6.05. The van der Waals surface area contributed by atoms with Gasteiger partial charge in [0.25, 0.3) is 5.91 Å². The summed E-state index contributed by atoms with van der Waals surface area (Å²) >= 11 is 1.35. The molecule has 0 atom stereocenters. The van der Waals surface area contributed by atoms with E-state index in [0.29, 0.717) is 32.9 Å². The van der Waals surface area contributed by atoms with Crippen molar-refractivity contribution in [1.82, 2.24) is 14.5 Å². The van der Waals surface area contributed by atoms with E-state index in [2.05, 4.69) is 15.3 Å². The minimum absolute atomic E-state index is 0.0171. The number of anilines is 1. The maximum atomic E-state index is 15.0. The molecule has 11 heteroatoms. The Morgan fingerprint density at radius 2 is 2.00 bits per heavy atom. The summed E-state index contributed by atoms with van der Waals surface area (Å²) in [7, 11) is 1.51. The molecule has 0 bridgehead atoms. The number of amides is 1. The maximum absolute atomic E-state index is 15.0. The minimum atomic E-state index is -0.746. The van der Waals surface area contributed by atoms with Gasteiger partial charge in [-0.2, -0.15) is 0 Å². The van der Waals surface area contributed by atoms with Crippen LogP contribution in [0.1, 0.15) is 16.1 Å². The van der Waals surface area contributed by atoms with Crippen molar-refractivity contribution in [3.8, 4) is 27.7 Å². The molecular formula is C28H22F2N4O4S. The largest absolute Gasteiger partial charge is 0.495 e. The maximum Gasteiger partial charge on any atom is 0.261 e. The van der Waals surface area contributed by atoms with Gasteiger partial charge in [0.2, 0.25) is 5.43 Å². The average molecular weight is 549 g/mol. The summed E-state index contributed by atoms with van der Waals surface area (Å²) < 4.78 is 40.7. The van der Waals surface area contributed by atoms with E-state index >= 15 is 4.39 Å². The van der Waals surface area contributed by atoms with Crippen molar-refractivity contribution < 1.29 is 23.0 Å². The van der Waals surface area contributed by atoms with E-state index in [9.17, 15) is 14.0 Å². The first-order chi connectivity index (χ1) is 18.9. The molecule has 0 saturated heterocycles. The van der Waals surface area contributed by atoms with Crippen LogP contribution in [0, 0.1) is 12.7 Å². The number of aryl methyl sites for hydroxylation is 1. The number of rotatable bonds is 8. The van der Waals surface area contributed by atoms with Gasteiger partial charge in [0.1, 0.15) is 23.5 Å². The molecular weight excluding hydrogens is 526 g/mol. The first-order valence-electron chi connectivity index (χ1n) is 11.8. The molecule has 39 heavy (non-hydrogen) atoms. The summed E-state index contributed by atoms with van der Waals surface area (Å²) in [6.07, 6.45) is 4.34. The number of thiophene rings is 1. The van der Waals surface area contributed by atoms with Crippen LogP contribution >= 0.6 is 11.3 Å². The van der Waals surface area contributed by atoms with Gasteiger partial charge in [-0.1, -0.05) is 6.07 Å². The highest BCUT2D eigenvalue weighted by molar-refractivity contribution is 7.13. The van der Waals surface area contributed by atoms with Crippen LogP contribution in [0.25, 0.3) is 21.5 Å². The Morgan fingerprint density at radius 3 is 2.72 bits per heavy atom. The molecule has 4 heterocycles. The van der Waals surface area contributed by atoms with Crippen molar-refractivity contribution in [1.29, 1.82) is 0 Å². The topological polar surface area (TPSA) is 95.3 Å². The number of hydrogen-bond donors (Lipinski definition) is 1. The van der Waals surface area contributed by atoms with E-state index in [1.165, 1.54) is 53.7 Å². The van der Waals surface area contributed by atoms with Gasteiger partial charge in [-0.3, -0.25) is 14.6 Å². The number of fused-ring (bicyclic) bond motifs is 1. The Morgan fingerprint density at radius 1 is 1.15 bits per heavy atom. The van der Waals surface area contributed by atoms with Gasteiger partial charge in [-0.15, -0.1) is 11.3 Å². The van der Waals surface area contributed by atoms with E-state index in [0.717, 1.165) is 6.07 Å². The number of ether oxygens (including phenoxy) is 2. The first-order valence-corrected chi connectivity index (χ1v) is 12.7. The highest BCUT2D eigenvalue weighted by atomic mass is 32.1. The Bertz CT molecular complexity index is 1740. The molecule has 1 amide bonds. The molecule has 0 aliphatic rings. The van der Waals surface area contributed by atoms with Crippen LogP contribution in [-0.2, 0) is 6.54 Å². The summed E-state index contributed by atoms with van der Waals surface area (Å²) in [6, 6.07) is 10.7. The van der Waals surface area contributed by atoms with Crippen LogP contribution in [0.2, 0.25) is 0 Å². The highest BCUT2D eigenvalue weighted by Crippen LogP contribution is 2.32. The van der Waals surface area contributed by atoms with Crippen molar-refractivity contribution in [3.63, 3.8) is 0 Å². The number of nitrogens with one attached hydrogen (secondary N) is 1. The van der Waals surface area contributed by atoms with Gasteiger partial charge < -0.3 is 19.4 Å². The van der Waals surface area contributed by atoms with E-state index < -0.39 is 23.8 Å². The standard InChI is InChI=1S/C28H22F2N4O4S/c1-16-25(24-4-3-11-39-24)27(35)19(15-34(16)10-8-29)28(36)33-17-5-6-22(20(30)12-17)38-23-7-9-31-21-13-18(37-2)14-32-26(21)23/h3-7,9,11-15H,8,10H2,1-2H3,(H,33,36). The molecule has 5 aromatic rings. The normalized spacial score (nSPS) is 11.0. The molecule has 0 spiro atoms. The fourth-order valence-corrected chi connectivity index (χ4v) is 4.93. The van der Waals surface area contributed by atoms with Gasteiger partial charge in [0, 0.05) is 46.9 Å². The molecule has 198 valence electrons. The molecule has 0 saturated carbocycles. The Balaban J connectivity index is 1.42.